The number of ether oxygens (including phenoxy) is 2. The van der Waals surface area contributed by atoms with Crippen molar-refractivity contribution in [1.82, 2.24) is 0 Å². The van der Waals surface area contributed by atoms with Crippen molar-refractivity contribution in [2.24, 2.45) is 0 Å². The van der Waals surface area contributed by atoms with Crippen LogP contribution < -0.4 is 73.9 Å². The number of aliphatic carboxylic acids is 2. The minimum absolute atomic E-state index is 0. The summed E-state index contributed by atoms with van der Waals surface area (Å²) in [5, 5.41) is 36.0. The molecule has 0 unspecified atom stereocenters. The Balaban J connectivity index is 0.000000292. The van der Waals surface area contributed by atoms with Crippen LogP contribution >= 0.6 is 47.5 Å². The Bertz CT molecular complexity index is 3120. The molecule has 0 spiro atoms. The van der Waals surface area contributed by atoms with E-state index in [2.05, 4.69) is 364 Å². The fourth-order valence-corrected chi connectivity index (χ4v) is 30.2. The minimum Gasteiger partial charge on any atom is -0.550 e. The summed E-state index contributed by atoms with van der Waals surface area (Å²) in [6.07, 6.45) is 7.56. The van der Waals surface area contributed by atoms with E-state index >= 15 is 0 Å². The van der Waals surface area contributed by atoms with Crippen LogP contribution in [0.1, 0.15) is 41.5 Å². The third-order valence-corrected chi connectivity index (χ3v) is 34.5. The number of carboxylic acid groups (broad SMARTS) is 2. The molecule has 12 aromatic rings. The van der Waals surface area contributed by atoms with E-state index in [0.717, 1.165) is 40.3 Å². The van der Waals surface area contributed by atoms with Gasteiger partial charge >= 0.3 is 34.1 Å². The predicted molar refractivity (Wildman–Crippen MR) is 458 cm³/mol. The second-order valence-electron chi connectivity index (χ2n) is 23.3. The van der Waals surface area contributed by atoms with E-state index in [0.29, 0.717) is 0 Å². The van der Waals surface area contributed by atoms with Crippen LogP contribution in [0.3, 0.4) is 0 Å². The molecule has 0 aromatic heterocycles. The maximum absolute atomic E-state index is 8.89. The van der Waals surface area contributed by atoms with E-state index in [4.69, 9.17) is 29.3 Å². The molecule has 0 bridgehead atoms. The number of hydrogen-bond acceptors (Lipinski definition) is 6. The molecule has 6 nitrogen and oxygen atoms in total. The van der Waals surface area contributed by atoms with Gasteiger partial charge in [-0.15, -0.1) is 0 Å². The third-order valence-electron chi connectivity index (χ3n) is 16.2. The first-order chi connectivity index (χ1) is 50.0. The van der Waals surface area contributed by atoms with Crippen molar-refractivity contribution in [2.45, 2.75) is 41.5 Å². The fourth-order valence-electron chi connectivity index (χ4n) is 11.6. The first kappa shape index (κ1) is 89.5. The summed E-state index contributed by atoms with van der Waals surface area (Å²) >= 11 is 0. The molecule has 0 heterocycles. The van der Waals surface area contributed by atoms with Crippen LogP contribution in [0.25, 0.3) is 0 Å². The van der Waals surface area contributed by atoms with Gasteiger partial charge in [0.2, 0.25) is 0 Å². The predicted octanol–water partition coefficient (Wildman–Crippen LogP) is 13.7. The summed E-state index contributed by atoms with van der Waals surface area (Å²) < 4.78 is 9.67. The van der Waals surface area contributed by atoms with Gasteiger partial charge < -0.3 is 29.3 Å². The van der Waals surface area contributed by atoms with Gasteiger partial charge in [-0.1, -0.05) is 218 Å². The number of carboxylic acids is 2. The van der Waals surface area contributed by atoms with Crippen LogP contribution in [-0.2, 0) is 53.2 Å². The minimum atomic E-state index is -1.08. The summed E-state index contributed by atoms with van der Waals surface area (Å²) in [6.45, 7) is 13.3. The van der Waals surface area contributed by atoms with E-state index < -0.39 is 59.5 Å². The van der Waals surface area contributed by atoms with Gasteiger partial charge in [-0.25, -0.2) is 0 Å². The standard InChI is InChI=1S/3C26H24P2.2C4H10O.2C2H4O2.2Cu/c3*1-5-13-23(14-6-1)27(24-15-7-2-8-16-24)21-22-28(25-17-9-3-10-18-25)26-19-11-4-12-20-26;2*1-3-5-4-2;2*1-2(3)4;;/h3*1-20H,21-22H2;2*3-4H2,1-2H3;2*1H3,(H,3,4);;/q;;;;;;;2*+1/p+4. The topological polar surface area (TPSA) is 98.7 Å². The van der Waals surface area contributed by atoms with Gasteiger partial charge in [-0.2, -0.15) is 0 Å². The van der Waals surface area contributed by atoms with Gasteiger partial charge in [0.25, 0.3) is 0 Å². The molecule has 12 aromatic carbocycles. The molecule has 0 saturated heterocycles. The van der Waals surface area contributed by atoms with Gasteiger partial charge in [-0.05, 0) is 187 Å². The van der Waals surface area contributed by atoms with Crippen LogP contribution in [0.15, 0.2) is 364 Å². The molecule has 0 radical (unpaired) electrons. The van der Waals surface area contributed by atoms with E-state index in [1.165, 1.54) is 101 Å². The van der Waals surface area contributed by atoms with Gasteiger partial charge in [0.1, 0.15) is 37.0 Å². The van der Waals surface area contributed by atoms with Crippen molar-refractivity contribution < 1.29 is 63.4 Å². The van der Waals surface area contributed by atoms with E-state index in [1.807, 2.05) is 27.7 Å². The van der Waals surface area contributed by atoms with Crippen molar-refractivity contribution in [3.8, 4) is 0 Å². The second kappa shape index (κ2) is 55.6. The first-order valence-corrected chi connectivity index (χ1v) is 45.6. The summed E-state index contributed by atoms with van der Waals surface area (Å²) in [5.41, 5.74) is 0. The maximum Gasteiger partial charge on any atom is 1.00 e. The van der Waals surface area contributed by atoms with Crippen molar-refractivity contribution >= 4 is 123 Å². The van der Waals surface area contributed by atoms with Gasteiger partial charge in [-0.3, -0.25) is 0 Å². The molecule has 0 aliphatic carbocycles. The average Bonchev–Trinajstić information content (AvgIpc) is 0.842. The Morgan fingerprint density at radius 2 is 0.288 bits per heavy atom. The molecule has 0 saturated carbocycles. The zero-order chi connectivity index (χ0) is 72.5. The van der Waals surface area contributed by atoms with Crippen LogP contribution in [0.2, 0.25) is 0 Å². The Morgan fingerprint density at radius 3 is 0.346 bits per heavy atom. The molecule has 12 rings (SSSR count). The fraction of sp³-hybridized carbons (Fsp3) is 0.178. The molecule has 104 heavy (non-hydrogen) atoms. The Labute approximate surface area is 650 Å². The van der Waals surface area contributed by atoms with Gasteiger partial charge in [0, 0.05) is 38.4 Å². The molecular formula is C90H104Cu2O6P6+6. The van der Waals surface area contributed by atoms with Crippen molar-refractivity contribution in [3.63, 3.8) is 0 Å². The summed E-state index contributed by atoms with van der Waals surface area (Å²) in [6, 6.07) is 134. The van der Waals surface area contributed by atoms with Crippen LogP contribution in [0, 0.1) is 0 Å². The number of hydrogen-bond donors (Lipinski definition) is 0. The van der Waals surface area contributed by atoms with Crippen LogP contribution in [0.5, 0.6) is 0 Å². The quantitative estimate of drug-likeness (QED) is 0.0418. The van der Waals surface area contributed by atoms with Crippen molar-refractivity contribution in [1.29, 1.82) is 0 Å². The van der Waals surface area contributed by atoms with Crippen LogP contribution in [0.4, 0.5) is 0 Å². The molecule has 0 aliphatic rings. The monoisotopic (exact) mass is 1590 g/mol. The maximum atomic E-state index is 8.89. The Morgan fingerprint density at radius 1 is 0.212 bits per heavy atom. The largest absolute Gasteiger partial charge is 1.00 e. The van der Waals surface area contributed by atoms with Gasteiger partial charge in [0.15, 0.2) is 0 Å². The molecule has 0 amide bonds. The zero-order valence-corrected chi connectivity index (χ0v) is 68.6. The average molecular weight is 1590 g/mol. The molecule has 0 N–H and O–H groups in total. The van der Waals surface area contributed by atoms with E-state index in [9.17, 15) is 0 Å². The van der Waals surface area contributed by atoms with Crippen molar-refractivity contribution in [2.75, 3.05) is 63.4 Å². The number of carbonyl (C=O) groups excluding carboxylic acids is 2. The first-order valence-electron chi connectivity index (χ1n) is 35.3. The van der Waals surface area contributed by atoms with Gasteiger partial charge in [0.05, 0.1) is 111 Å². The molecule has 0 aliphatic heterocycles. The third kappa shape index (κ3) is 34.6. The second-order valence-corrected chi connectivity index (χ2v) is 39.0. The Kier molecular flexibility index (Phi) is 47.8. The SMILES string of the molecule is CC(=O)[O-].CC(=O)[O-].CCOCC.CCOCC.[Cu+].[Cu+].c1ccc([PH+](CC[PH+](c2ccccc2)c2ccccc2)c2ccccc2)cc1.c1ccc([PH+](CC[PH+](c2ccccc2)c2ccccc2)c2ccccc2)cc1.c1ccc([PH+](CC[PH+](c2ccccc2)c2ccccc2)c2ccccc2)cc1. The Hall–Kier alpha value is -6.88. The molecule has 0 atom stereocenters. The number of carbonyl (C=O) groups is 2. The van der Waals surface area contributed by atoms with E-state index in [1.54, 1.807) is 0 Å². The molecule has 546 valence electrons. The molecular weight excluding hydrogens is 1490 g/mol. The van der Waals surface area contributed by atoms with Crippen molar-refractivity contribution in [3.05, 3.63) is 364 Å². The number of rotatable bonds is 25. The normalized spacial score (nSPS) is 10.2. The number of benzene rings is 12. The summed E-state index contributed by atoms with van der Waals surface area (Å²) in [7, 11) is -4.70. The van der Waals surface area contributed by atoms with E-state index in [-0.39, 0.29) is 34.1 Å². The van der Waals surface area contributed by atoms with Crippen LogP contribution in [-0.4, -0.2) is 75.3 Å². The smallest absolute Gasteiger partial charge is 0.550 e. The zero-order valence-electron chi connectivity index (χ0n) is 60.8. The molecule has 0 fully saturated rings. The summed E-state index contributed by atoms with van der Waals surface area (Å²) in [5.74, 6) is -2.17. The summed E-state index contributed by atoms with van der Waals surface area (Å²) in [4.78, 5) is 17.8. The molecule has 14 heteroatoms.